The molecular formula is C13H15FN4O2. The highest BCUT2D eigenvalue weighted by Crippen LogP contribution is 2.28. The lowest BCUT2D eigenvalue weighted by atomic mass is 10.2. The highest BCUT2D eigenvalue weighted by molar-refractivity contribution is 5.94. The first-order chi connectivity index (χ1) is 9.61. The summed E-state index contributed by atoms with van der Waals surface area (Å²) in [6, 6.07) is 4.05. The maximum Gasteiger partial charge on any atom is 0.228 e. The van der Waals surface area contributed by atoms with Crippen molar-refractivity contribution in [3.63, 3.8) is 0 Å². The first kappa shape index (κ1) is 14.0. The van der Waals surface area contributed by atoms with Crippen LogP contribution >= 0.6 is 0 Å². The fourth-order valence-electron chi connectivity index (χ4n) is 1.79. The third-order valence-corrected chi connectivity index (χ3v) is 2.90. The minimum absolute atomic E-state index is 0.120. The maximum absolute atomic E-state index is 13.1. The largest absolute Gasteiger partial charge is 0.494 e. The molecule has 0 unspecified atom stereocenters. The number of carbonyl (C=O) groups excluding carboxylic acids is 1. The summed E-state index contributed by atoms with van der Waals surface area (Å²) in [5.41, 5.74) is 0.525. The fourth-order valence-corrected chi connectivity index (χ4v) is 1.79. The monoisotopic (exact) mass is 278 g/mol. The summed E-state index contributed by atoms with van der Waals surface area (Å²) in [7, 11) is 3.06. The molecular weight excluding hydrogens is 263 g/mol. The van der Waals surface area contributed by atoms with Gasteiger partial charge in [0.2, 0.25) is 5.91 Å². The number of benzene rings is 1. The summed E-state index contributed by atoms with van der Waals surface area (Å²) in [6.45, 7) is 0.437. The molecule has 1 heterocycles. The van der Waals surface area contributed by atoms with E-state index in [2.05, 4.69) is 10.3 Å². The molecule has 0 N–H and O–H groups in total. The van der Waals surface area contributed by atoms with E-state index in [4.69, 9.17) is 4.74 Å². The van der Waals surface area contributed by atoms with Crippen LogP contribution in [0.5, 0.6) is 5.75 Å². The van der Waals surface area contributed by atoms with E-state index in [-0.39, 0.29) is 12.3 Å². The second-order valence-electron chi connectivity index (χ2n) is 4.19. The molecule has 0 spiro atoms. The van der Waals surface area contributed by atoms with Crippen molar-refractivity contribution in [3.05, 3.63) is 36.4 Å². The van der Waals surface area contributed by atoms with Crippen molar-refractivity contribution < 1.29 is 13.9 Å². The van der Waals surface area contributed by atoms with Gasteiger partial charge in [0.15, 0.2) is 0 Å². The third kappa shape index (κ3) is 3.11. The Balaban J connectivity index is 2.06. The summed E-state index contributed by atoms with van der Waals surface area (Å²) < 4.78 is 19.8. The molecule has 2 aromatic rings. The summed E-state index contributed by atoms with van der Waals surface area (Å²) in [6.07, 6.45) is 3.50. The van der Waals surface area contributed by atoms with Crippen molar-refractivity contribution in [2.45, 2.75) is 13.0 Å². The van der Waals surface area contributed by atoms with Gasteiger partial charge in [-0.15, -0.1) is 5.10 Å². The second-order valence-corrected chi connectivity index (χ2v) is 4.19. The van der Waals surface area contributed by atoms with E-state index >= 15 is 0 Å². The number of aryl methyl sites for hydroxylation is 1. The molecule has 2 rings (SSSR count). The Morgan fingerprint density at radius 2 is 2.30 bits per heavy atom. The van der Waals surface area contributed by atoms with E-state index in [0.29, 0.717) is 18.0 Å². The second kappa shape index (κ2) is 6.14. The van der Waals surface area contributed by atoms with Crippen LogP contribution in [-0.2, 0) is 11.3 Å². The Labute approximate surface area is 115 Å². The van der Waals surface area contributed by atoms with Gasteiger partial charge < -0.3 is 9.64 Å². The Kier molecular flexibility index (Phi) is 4.29. The Bertz CT molecular complexity index is 586. The third-order valence-electron chi connectivity index (χ3n) is 2.90. The number of methoxy groups -OCH3 is 1. The molecule has 106 valence electrons. The van der Waals surface area contributed by atoms with Crippen molar-refractivity contribution in [2.24, 2.45) is 0 Å². The van der Waals surface area contributed by atoms with Crippen molar-refractivity contribution >= 4 is 11.6 Å². The van der Waals surface area contributed by atoms with Crippen molar-refractivity contribution in [3.8, 4) is 5.75 Å². The number of hydrogen-bond donors (Lipinski definition) is 0. The molecule has 0 atom stereocenters. The molecule has 1 aromatic heterocycles. The predicted octanol–water partition coefficient (Wildman–Crippen LogP) is 1.48. The van der Waals surface area contributed by atoms with Gasteiger partial charge in [-0.05, 0) is 12.1 Å². The van der Waals surface area contributed by atoms with Crippen LogP contribution in [-0.4, -0.2) is 35.1 Å². The fraction of sp³-hybridized carbons (Fsp3) is 0.308. The van der Waals surface area contributed by atoms with Gasteiger partial charge in [0.05, 0.1) is 25.5 Å². The van der Waals surface area contributed by atoms with Gasteiger partial charge in [-0.1, -0.05) is 5.21 Å². The van der Waals surface area contributed by atoms with E-state index in [1.54, 1.807) is 24.1 Å². The molecule has 0 saturated heterocycles. The van der Waals surface area contributed by atoms with Crippen LogP contribution in [0.1, 0.15) is 6.42 Å². The first-order valence-corrected chi connectivity index (χ1v) is 6.06. The zero-order valence-corrected chi connectivity index (χ0v) is 11.3. The Morgan fingerprint density at radius 3 is 2.95 bits per heavy atom. The lowest BCUT2D eigenvalue weighted by Gasteiger charge is -2.20. The van der Waals surface area contributed by atoms with Gasteiger partial charge in [-0.3, -0.25) is 9.48 Å². The van der Waals surface area contributed by atoms with Crippen molar-refractivity contribution in [1.82, 2.24) is 15.0 Å². The van der Waals surface area contributed by atoms with Gasteiger partial charge in [-0.25, -0.2) is 4.39 Å². The zero-order chi connectivity index (χ0) is 14.5. The highest BCUT2D eigenvalue weighted by atomic mass is 19.1. The van der Waals surface area contributed by atoms with Crippen LogP contribution in [0.4, 0.5) is 10.1 Å². The highest BCUT2D eigenvalue weighted by Gasteiger charge is 2.15. The number of ether oxygens (including phenoxy) is 1. The molecule has 1 amide bonds. The average Bonchev–Trinajstić information content (AvgIpc) is 2.97. The number of aromatic nitrogens is 3. The average molecular weight is 278 g/mol. The molecule has 0 aliphatic carbocycles. The summed E-state index contributed by atoms with van der Waals surface area (Å²) in [4.78, 5) is 13.5. The smallest absolute Gasteiger partial charge is 0.228 e. The number of hydrogen-bond acceptors (Lipinski definition) is 4. The van der Waals surface area contributed by atoms with Gasteiger partial charge in [0.1, 0.15) is 11.6 Å². The van der Waals surface area contributed by atoms with Crippen LogP contribution in [0.3, 0.4) is 0 Å². The summed E-state index contributed by atoms with van der Waals surface area (Å²) >= 11 is 0. The van der Waals surface area contributed by atoms with E-state index in [1.165, 1.54) is 30.2 Å². The first-order valence-electron chi connectivity index (χ1n) is 6.06. The molecule has 6 nitrogen and oxygen atoms in total. The van der Waals surface area contributed by atoms with Crippen molar-refractivity contribution in [1.29, 1.82) is 0 Å². The van der Waals surface area contributed by atoms with Gasteiger partial charge in [-0.2, -0.15) is 0 Å². The molecule has 0 saturated carbocycles. The standard InChI is InChI=1S/C13H15FN4O2/c1-17(11-4-3-10(14)9-12(11)20-2)13(19)5-7-18-8-6-15-16-18/h3-4,6,8-9H,5,7H2,1-2H3. The summed E-state index contributed by atoms with van der Waals surface area (Å²) in [5, 5.41) is 7.45. The molecule has 0 fully saturated rings. The van der Waals surface area contributed by atoms with E-state index < -0.39 is 5.82 Å². The SMILES string of the molecule is COc1cc(F)ccc1N(C)C(=O)CCn1ccnn1. The van der Waals surface area contributed by atoms with Crippen LogP contribution in [0.15, 0.2) is 30.6 Å². The minimum Gasteiger partial charge on any atom is -0.494 e. The molecule has 0 bridgehead atoms. The Morgan fingerprint density at radius 1 is 1.50 bits per heavy atom. The molecule has 0 aliphatic heterocycles. The van der Waals surface area contributed by atoms with E-state index in [9.17, 15) is 9.18 Å². The number of halogens is 1. The van der Waals surface area contributed by atoms with E-state index in [1.807, 2.05) is 0 Å². The van der Waals surface area contributed by atoms with Crippen LogP contribution in [0.25, 0.3) is 0 Å². The lowest BCUT2D eigenvalue weighted by molar-refractivity contribution is -0.118. The minimum atomic E-state index is -0.408. The van der Waals surface area contributed by atoms with Crippen LogP contribution in [0.2, 0.25) is 0 Å². The molecule has 0 aliphatic rings. The number of amides is 1. The number of nitrogens with zero attached hydrogens (tertiary/aromatic N) is 4. The van der Waals surface area contributed by atoms with Gasteiger partial charge in [0.25, 0.3) is 0 Å². The predicted molar refractivity (Wildman–Crippen MR) is 71.0 cm³/mol. The molecule has 0 radical (unpaired) electrons. The number of rotatable bonds is 5. The number of anilines is 1. The maximum atomic E-state index is 13.1. The van der Waals surface area contributed by atoms with Gasteiger partial charge >= 0.3 is 0 Å². The van der Waals surface area contributed by atoms with Crippen LogP contribution < -0.4 is 9.64 Å². The van der Waals surface area contributed by atoms with Crippen LogP contribution in [0, 0.1) is 5.82 Å². The topological polar surface area (TPSA) is 60.2 Å². The summed E-state index contributed by atoms with van der Waals surface area (Å²) in [5.74, 6) is -0.207. The molecule has 7 heteroatoms. The normalized spacial score (nSPS) is 10.3. The Hall–Kier alpha value is -2.44. The zero-order valence-electron chi connectivity index (χ0n) is 11.3. The van der Waals surface area contributed by atoms with Crippen molar-refractivity contribution in [2.75, 3.05) is 19.1 Å². The number of carbonyl (C=O) groups is 1. The molecule has 20 heavy (non-hydrogen) atoms. The molecule has 1 aromatic carbocycles. The van der Waals surface area contributed by atoms with Gasteiger partial charge in [0, 0.05) is 25.7 Å². The lowest BCUT2D eigenvalue weighted by Crippen LogP contribution is -2.27. The quantitative estimate of drug-likeness (QED) is 0.831. The van der Waals surface area contributed by atoms with E-state index in [0.717, 1.165) is 0 Å².